The van der Waals surface area contributed by atoms with E-state index in [1.807, 2.05) is 36.4 Å². The van der Waals surface area contributed by atoms with Crippen molar-refractivity contribution in [2.45, 2.75) is 19.3 Å². The van der Waals surface area contributed by atoms with Gasteiger partial charge in [-0.1, -0.05) is 6.08 Å². The molecule has 1 aromatic carbocycles. The van der Waals surface area contributed by atoms with E-state index in [0.29, 0.717) is 48.6 Å². The first-order valence-corrected chi connectivity index (χ1v) is 13.3. The first-order chi connectivity index (χ1) is 19.1. The number of ether oxygens (including phenoxy) is 2. The van der Waals surface area contributed by atoms with Crippen molar-refractivity contribution < 1.29 is 14.3 Å². The van der Waals surface area contributed by atoms with Gasteiger partial charge in [-0.25, -0.2) is 9.97 Å². The van der Waals surface area contributed by atoms with Gasteiger partial charge in [-0.2, -0.15) is 0 Å². The minimum atomic E-state index is 0.0693. The van der Waals surface area contributed by atoms with E-state index in [-0.39, 0.29) is 11.7 Å². The summed E-state index contributed by atoms with van der Waals surface area (Å²) >= 11 is 0. The Morgan fingerprint density at radius 1 is 1.10 bits per heavy atom. The van der Waals surface area contributed by atoms with Crippen LogP contribution in [0.25, 0.3) is 22.3 Å². The van der Waals surface area contributed by atoms with Gasteiger partial charge in [0, 0.05) is 41.0 Å². The Morgan fingerprint density at radius 2 is 2.00 bits per heavy atom. The first kappa shape index (κ1) is 26.5. The molecule has 2 N–H and O–H groups in total. The third-order valence-corrected chi connectivity index (χ3v) is 6.85. The van der Waals surface area contributed by atoms with Gasteiger partial charge >= 0.3 is 0 Å². The van der Waals surface area contributed by atoms with E-state index < -0.39 is 0 Å². The molecule has 1 aliphatic heterocycles. The Kier molecular flexibility index (Phi) is 8.60. The lowest BCUT2D eigenvalue weighted by molar-refractivity contribution is 0.0904. The van der Waals surface area contributed by atoms with E-state index in [1.54, 1.807) is 24.5 Å². The molecule has 3 aromatic heterocycles. The van der Waals surface area contributed by atoms with Crippen molar-refractivity contribution in [2.24, 2.45) is 5.92 Å². The van der Waals surface area contributed by atoms with Gasteiger partial charge in [-0.05, 0) is 75.8 Å². The van der Waals surface area contributed by atoms with Crippen molar-refractivity contribution in [3.8, 4) is 17.1 Å². The summed E-state index contributed by atoms with van der Waals surface area (Å²) in [6.45, 7) is 7.05. The molecule has 4 aromatic rings. The topological polar surface area (TPSA) is 105 Å². The molecule has 0 bridgehead atoms. The average molecular weight is 527 g/mol. The number of nitrogens with zero attached hydrogens (tertiary/aromatic N) is 4. The molecule has 1 fully saturated rings. The van der Waals surface area contributed by atoms with E-state index >= 15 is 0 Å². The Balaban J connectivity index is 1.26. The molecule has 0 radical (unpaired) electrons. The van der Waals surface area contributed by atoms with E-state index in [0.717, 1.165) is 48.9 Å². The fourth-order valence-corrected chi connectivity index (χ4v) is 4.78. The summed E-state index contributed by atoms with van der Waals surface area (Å²) in [5.41, 5.74) is 3.79. The SMILES string of the molecule is C=CCOCCOc1ccnc(-c2ccnc(Nc3ccc4[nH]c(C(=O)C5CCCN(C)CC5)cc4c3)n2)c1. The molecular weight excluding hydrogens is 492 g/mol. The number of rotatable bonds is 11. The zero-order valence-electron chi connectivity index (χ0n) is 22.2. The first-order valence-electron chi connectivity index (χ1n) is 13.3. The quantitative estimate of drug-likeness (QED) is 0.155. The molecule has 5 rings (SSSR count). The van der Waals surface area contributed by atoms with Crippen LogP contribution in [0.4, 0.5) is 11.6 Å². The zero-order valence-corrected chi connectivity index (χ0v) is 22.2. The number of carbonyl (C=O) groups excluding carboxylic acids is 1. The highest BCUT2D eigenvalue weighted by Crippen LogP contribution is 2.27. The lowest BCUT2D eigenvalue weighted by Gasteiger charge is -2.13. The molecule has 4 heterocycles. The van der Waals surface area contributed by atoms with Crippen LogP contribution in [0, 0.1) is 5.92 Å². The Morgan fingerprint density at radius 3 is 2.90 bits per heavy atom. The van der Waals surface area contributed by atoms with Crippen LogP contribution in [0.5, 0.6) is 5.75 Å². The van der Waals surface area contributed by atoms with Crippen molar-refractivity contribution in [3.63, 3.8) is 0 Å². The molecular formula is C30H34N6O3. The summed E-state index contributed by atoms with van der Waals surface area (Å²) in [5.74, 6) is 1.41. The summed E-state index contributed by atoms with van der Waals surface area (Å²) < 4.78 is 11.1. The molecule has 1 saturated heterocycles. The van der Waals surface area contributed by atoms with Crippen LogP contribution >= 0.6 is 0 Å². The van der Waals surface area contributed by atoms with Crippen LogP contribution in [0.15, 0.2) is 67.5 Å². The van der Waals surface area contributed by atoms with E-state index in [2.05, 4.69) is 43.8 Å². The summed E-state index contributed by atoms with van der Waals surface area (Å²) in [7, 11) is 2.12. The lowest BCUT2D eigenvalue weighted by atomic mass is 9.94. The number of aromatic amines is 1. The highest BCUT2D eigenvalue weighted by molar-refractivity contribution is 6.01. The summed E-state index contributed by atoms with van der Waals surface area (Å²) in [5, 5.41) is 4.25. The molecule has 0 aliphatic carbocycles. The van der Waals surface area contributed by atoms with Gasteiger partial charge in [-0.3, -0.25) is 9.78 Å². The van der Waals surface area contributed by atoms with Gasteiger partial charge in [-0.15, -0.1) is 6.58 Å². The maximum absolute atomic E-state index is 13.2. The van der Waals surface area contributed by atoms with E-state index in [4.69, 9.17) is 9.47 Å². The fourth-order valence-electron chi connectivity index (χ4n) is 4.78. The minimum Gasteiger partial charge on any atom is -0.491 e. The second kappa shape index (κ2) is 12.6. The number of Topliss-reactive ketones (excluding diaryl/α,β-unsaturated/α-hetero) is 1. The van der Waals surface area contributed by atoms with E-state index in [9.17, 15) is 4.79 Å². The van der Waals surface area contributed by atoms with Crippen LogP contribution < -0.4 is 10.1 Å². The number of aromatic nitrogens is 4. The second-order valence-corrected chi connectivity index (χ2v) is 9.76. The highest BCUT2D eigenvalue weighted by Gasteiger charge is 2.24. The van der Waals surface area contributed by atoms with Crippen LogP contribution in [0.3, 0.4) is 0 Å². The number of carbonyl (C=O) groups is 1. The lowest BCUT2D eigenvalue weighted by Crippen LogP contribution is -2.20. The van der Waals surface area contributed by atoms with Crippen molar-refractivity contribution in [2.75, 3.05) is 45.3 Å². The molecule has 1 unspecified atom stereocenters. The van der Waals surface area contributed by atoms with Crippen molar-refractivity contribution >= 4 is 28.3 Å². The van der Waals surface area contributed by atoms with Crippen LogP contribution in [0.2, 0.25) is 0 Å². The maximum atomic E-state index is 13.2. The molecule has 202 valence electrons. The number of nitrogens with one attached hydrogen (secondary N) is 2. The standard InChI is InChI=1S/C30H34N6O3/c1-3-15-38-16-17-39-24-8-11-31-27(20-24)26-9-12-32-30(35-26)33-23-6-7-25-22(18-23)19-28(34-25)29(37)21-5-4-13-36(2)14-10-21/h3,6-9,11-12,18-21,34H,1,4-5,10,13-17H2,2H3,(H,32,33,35). The van der Waals surface area contributed by atoms with E-state index in [1.165, 1.54) is 0 Å². The predicted molar refractivity (Wildman–Crippen MR) is 153 cm³/mol. The fraction of sp³-hybridized carbons (Fsp3) is 0.333. The smallest absolute Gasteiger partial charge is 0.227 e. The van der Waals surface area contributed by atoms with Gasteiger partial charge < -0.3 is 24.7 Å². The largest absolute Gasteiger partial charge is 0.491 e. The predicted octanol–water partition coefficient (Wildman–Crippen LogP) is 5.26. The summed E-state index contributed by atoms with van der Waals surface area (Å²) in [4.78, 5) is 32.3. The number of hydrogen-bond acceptors (Lipinski definition) is 8. The molecule has 0 amide bonds. The number of H-pyrrole nitrogens is 1. The third-order valence-electron chi connectivity index (χ3n) is 6.85. The molecule has 0 saturated carbocycles. The molecule has 9 nitrogen and oxygen atoms in total. The third kappa shape index (κ3) is 6.87. The Bertz CT molecular complexity index is 1440. The van der Waals surface area contributed by atoms with Gasteiger partial charge in [0.15, 0.2) is 5.78 Å². The number of ketones is 1. The molecule has 9 heteroatoms. The summed E-state index contributed by atoms with van der Waals surface area (Å²) in [6.07, 6.45) is 7.98. The molecule has 1 aliphatic rings. The molecule has 1 atom stereocenters. The number of pyridine rings is 1. The number of hydrogen-bond donors (Lipinski definition) is 2. The van der Waals surface area contributed by atoms with Crippen LogP contribution in [-0.2, 0) is 4.74 Å². The number of benzene rings is 1. The van der Waals surface area contributed by atoms with Gasteiger partial charge in [0.1, 0.15) is 12.4 Å². The Labute approximate surface area is 228 Å². The van der Waals surface area contributed by atoms with Gasteiger partial charge in [0.25, 0.3) is 0 Å². The van der Waals surface area contributed by atoms with Crippen molar-refractivity contribution in [1.29, 1.82) is 0 Å². The molecule has 39 heavy (non-hydrogen) atoms. The minimum absolute atomic E-state index is 0.0693. The van der Waals surface area contributed by atoms with Crippen molar-refractivity contribution in [1.82, 2.24) is 24.8 Å². The monoisotopic (exact) mass is 526 g/mol. The normalized spacial score (nSPS) is 16.1. The highest BCUT2D eigenvalue weighted by atomic mass is 16.5. The average Bonchev–Trinajstić information content (AvgIpc) is 3.26. The van der Waals surface area contributed by atoms with Crippen LogP contribution in [0.1, 0.15) is 29.8 Å². The van der Waals surface area contributed by atoms with Crippen molar-refractivity contribution in [3.05, 3.63) is 73.2 Å². The van der Waals surface area contributed by atoms with Gasteiger partial charge in [0.2, 0.25) is 5.95 Å². The van der Waals surface area contributed by atoms with Crippen LogP contribution in [-0.4, -0.2) is 70.6 Å². The van der Waals surface area contributed by atoms with Gasteiger partial charge in [0.05, 0.1) is 30.3 Å². The number of anilines is 2. The second-order valence-electron chi connectivity index (χ2n) is 9.76. The maximum Gasteiger partial charge on any atom is 0.227 e. The summed E-state index contributed by atoms with van der Waals surface area (Å²) in [6, 6.07) is 13.3. The number of likely N-dealkylation sites (tertiary alicyclic amines) is 1. The zero-order chi connectivity index (χ0) is 27.0. The number of fused-ring (bicyclic) bond motifs is 1. The Hall–Kier alpha value is -4.08. The molecule has 0 spiro atoms.